The number of anilines is 1. The molecule has 0 aromatic carbocycles. The largest absolute Gasteiger partial charge is 0.388 e. The van der Waals surface area contributed by atoms with Crippen LogP contribution >= 0.6 is 12.2 Å². The topological polar surface area (TPSA) is 77.8 Å². The Morgan fingerprint density at radius 3 is 2.73 bits per heavy atom. The summed E-state index contributed by atoms with van der Waals surface area (Å²) in [7, 11) is 0. The zero-order chi connectivity index (χ0) is 8.43. The summed E-state index contributed by atoms with van der Waals surface area (Å²) < 4.78 is 0. The van der Waals surface area contributed by atoms with Gasteiger partial charge in [-0.3, -0.25) is 0 Å². The van der Waals surface area contributed by atoms with Crippen LogP contribution in [0.4, 0.5) is 5.82 Å². The van der Waals surface area contributed by atoms with Gasteiger partial charge in [-0.25, -0.2) is 9.97 Å². The Morgan fingerprint density at radius 2 is 2.27 bits per heavy atom. The second-order valence-corrected chi connectivity index (χ2v) is 2.55. The molecule has 1 heterocycles. The molecule has 0 radical (unpaired) electrons. The number of thiocarbonyl (C=S) groups is 1. The molecule has 11 heavy (non-hydrogen) atoms. The maximum atomic E-state index is 5.45. The summed E-state index contributed by atoms with van der Waals surface area (Å²) in [5.41, 5.74) is 11.9. The minimum Gasteiger partial charge on any atom is -0.388 e. The summed E-state index contributed by atoms with van der Waals surface area (Å²) in [6, 6.07) is 0. The van der Waals surface area contributed by atoms with Gasteiger partial charge < -0.3 is 11.5 Å². The number of aromatic nitrogens is 2. The van der Waals surface area contributed by atoms with Crippen LogP contribution in [-0.2, 0) is 0 Å². The SMILES string of the molecule is Cc1cnc(N)c(C(N)=S)n1. The van der Waals surface area contributed by atoms with Crippen molar-refractivity contribution in [3.63, 3.8) is 0 Å². The maximum absolute atomic E-state index is 5.45. The first-order valence-electron chi connectivity index (χ1n) is 3.00. The van der Waals surface area contributed by atoms with Crippen LogP contribution in [0.5, 0.6) is 0 Å². The molecule has 0 saturated carbocycles. The lowest BCUT2D eigenvalue weighted by Gasteiger charge is -2.00. The van der Waals surface area contributed by atoms with E-state index >= 15 is 0 Å². The second-order valence-electron chi connectivity index (χ2n) is 2.11. The highest BCUT2D eigenvalue weighted by Crippen LogP contribution is 2.04. The first-order chi connectivity index (χ1) is 5.11. The van der Waals surface area contributed by atoms with E-state index in [1.807, 2.05) is 0 Å². The van der Waals surface area contributed by atoms with Crippen LogP contribution < -0.4 is 11.5 Å². The average Bonchev–Trinajstić information content (AvgIpc) is 1.94. The van der Waals surface area contributed by atoms with Gasteiger partial charge in [0, 0.05) is 0 Å². The van der Waals surface area contributed by atoms with Crippen LogP contribution in [0.15, 0.2) is 6.20 Å². The van der Waals surface area contributed by atoms with E-state index in [0.29, 0.717) is 5.69 Å². The Labute approximate surface area is 69.6 Å². The molecule has 0 saturated heterocycles. The van der Waals surface area contributed by atoms with Gasteiger partial charge in [0.05, 0.1) is 11.9 Å². The highest BCUT2D eigenvalue weighted by molar-refractivity contribution is 7.80. The molecule has 0 bridgehead atoms. The summed E-state index contributed by atoms with van der Waals surface area (Å²) in [6.45, 7) is 1.80. The van der Waals surface area contributed by atoms with Gasteiger partial charge in [0.15, 0.2) is 5.82 Å². The fraction of sp³-hybridized carbons (Fsp3) is 0.167. The quantitative estimate of drug-likeness (QED) is 0.577. The molecule has 0 atom stereocenters. The molecule has 0 unspecified atom stereocenters. The summed E-state index contributed by atoms with van der Waals surface area (Å²) in [4.78, 5) is 8.05. The lowest BCUT2D eigenvalue weighted by Crippen LogP contribution is -2.15. The van der Waals surface area contributed by atoms with Gasteiger partial charge in [-0.05, 0) is 6.92 Å². The number of nitrogens with two attached hydrogens (primary N) is 2. The minimum atomic E-state index is 0.179. The van der Waals surface area contributed by atoms with Crippen molar-refractivity contribution >= 4 is 23.0 Å². The van der Waals surface area contributed by atoms with Gasteiger partial charge in [0.25, 0.3) is 0 Å². The molecule has 0 aliphatic rings. The van der Waals surface area contributed by atoms with Crippen molar-refractivity contribution in [3.05, 3.63) is 17.6 Å². The third-order valence-electron chi connectivity index (χ3n) is 1.15. The van der Waals surface area contributed by atoms with E-state index in [2.05, 4.69) is 9.97 Å². The van der Waals surface area contributed by atoms with Crippen molar-refractivity contribution in [2.75, 3.05) is 5.73 Å². The average molecular weight is 168 g/mol. The maximum Gasteiger partial charge on any atom is 0.152 e. The molecule has 4 nitrogen and oxygen atoms in total. The van der Waals surface area contributed by atoms with E-state index in [4.69, 9.17) is 23.7 Å². The highest BCUT2D eigenvalue weighted by atomic mass is 32.1. The summed E-state index contributed by atoms with van der Waals surface area (Å²) >= 11 is 4.70. The number of hydrogen-bond acceptors (Lipinski definition) is 4. The highest BCUT2D eigenvalue weighted by Gasteiger charge is 2.04. The van der Waals surface area contributed by atoms with Crippen molar-refractivity contribution in [1.29, 1.82) is 0 Å². The van der Waals surface area contributed by atoms with Gasteiger partial charge in [-0.2, -0.15) is 0 Å². The third-order valence-corrected chi connectivity index (χ3v) is 1.35. The molecular formula is C6H8N4S. The normalized spacial score (nSPS) is 9.55. The number of hydrogen-bond donors (Lipinski definition) is 2. The number of rotatable bonds is 1. The Balaban J connectivity index is 3.23. The van der Waals surface area contributed by atoms with E-state index in [-0.39, 0.29) is 10.8 Å². The molecule has 5 heteroatoms. The predicted molar refractivity (Wildman–Crippen MR) is 47.1 cm³/mol. The van der Waals surface area contributed by atoms with Crippen molar-refractivity contribution in [1.82, 2.24) is 9.97 Å². The lowest BCUT2D eigenvalue weighted by atomic mass is 10.4. The van der Waals surface area contributed by atoms with E-state index < -0.39 is 0 Å². The summed E-state index contributed by atoms with van der Waals surface area (Å²) in [6.07, 6.45) is 1.57. The fourth-order valence-corrected chi connectivity index (χ4v) is 0.818. The second kappa shape index (κ2) is 2.79. The molecule has 58 valence electrons. The molecule has 0 aliphatic carbocycles. The van der Waals surface area contributed by atoms with Crippen LogP contribution in [0.2, 0.25) is 0 Å². The van der Waals surface area contributed by atoms with E-state index in [1.54, 1.807) is 13.1 Å². The molecule has 4 N–H and O–H groups in total. The van der Waals surface area contributed by atoms with Gasteiger partial charge in [0.1, 0.15) is 10.7 Å². The third kappa shape index (κ3) is 1.62. The van der Waals surface area contributed by atoms with E-state index in [0.717, 1.165) is 5.69 Å². The van der Waals surface area contributed by atoms with E-state index in [1.165, 1.54) is 0 Å². The van der Waals surface area contributed by atoms with Gasteiger partial charge in [-0.15, -0.1) is 0 Å². The molecule has 0 amide bonds. The summed E-state index contributed by atoms with van der Waals surface area (Å²) in [5, 5.41) is 0. The van der Waals surface area contributed by atoms with Crippen LogP contribution in [0.25, 0.3) is 0 Å². The predicted octanol–water partition coefficient (Wildman–Crippen LogP) is 0.00142. The molecule has 0 fully saturated rings. The summed E-state index contributed by atoms with van der Waals surface area (Å²) in [5.74, 6) is 0.281. The Bertz CT molecular complexity index is 297. The van der Waals surface area contributed by atoms with Crippen LogP contribution in [-0.4, -0.2) is 15.0 Å². The van der Waals surface area contributed by atoms with E-state index in [9.17, 15) is 0 Å². The van der Waals surface area contributed by atoms with Crippen LogP contribution in [0.1, 0.15) is 11.4 Å². The number of nitrogens with zero attached hydrogens (tertiary/aromatic N) is 2. The molecule has 1 aromatic rings. The first kappa shape index (κ1) is 7.87. The molecule has 0 aliphatic heterocycles. The fourth-order valence-electron chi connectivity index (χ4n) is 0.668. The standard InChI is InChI=1S/C6H8N4S/c1-3-2-9-5(7)4(10-3)6(8)11/h2H,1H3,(H2,7,9)(H2,8,11). The minimum absolute atomic E-state index is 0.179. The number of aryl methyl sites for hydroxylation is 1. The smallest absolute Gasteiger partial charge is 0.152 e. The van der Waals surface area contributed by atoms with Gasteiger partial charge in [-0.1, -0.05) is 12.2 Å². The van der Waals surface area contributed by atoms with Crippen molar-refractivity contribution in [2.45, 2.75) is 6.92 Å². The zero-order valence-electron chi connectivity index (χ0n) is 6.03. The Hall–Kier alpha value is -1.23. The Morgan fingerprint density at radius 1 is 1.64 bits per heavy atom. The van der Waals surface area contributed by atoms with Crippen LogP contribution in [0.3, 0.4) is 0 Å². The molecular weight excluding hydrogens is 160 g/mol. The van der Waals surface area contributed by atoms with Crippen molar-refractivity contribution in [3.8, 4) is 0 Å². The molecule has 1 rings (SSSR count). The monoisotopic (exact) mass is 168 g/mol. The lowest BCUT2D eigenvalue weighted by molar-refractivity contribution is 1.11. The molecule has 1 aromatic heterocycles. The van der Waals surface area contributed by atoms with Crippen molar-refractivity contribution in [2.24, 2.45) is 5.73 Å². The first-order valence-corrected chi connectivity index (χ1v) is 3.41. The van der Waals surface area contributed by atoms with Crippen LogP contribution in [0, 0.1) is 6.92 Å². The van der Waals surface area contributed by atoms with Gasteiger partial charge >= 0.3 is 0 Å². The Kier molecular flexibility index (Phi) is 2.00. The molecule has 0 spiro atoms. The van der Waals surface area contributed by atoms with Crippen molar-refractivity contribution < 1.29 is 0 Å². The number of nitrogen functional groups attached to an aromatic ring is 1. The van der Waals surface area contributed by atoms with Gasteiger partial charge in [0.2, 0.25) is 0 Å². The zero-order valence-corrected chi connectivity index (χ0v) is 6.85.